The molecule has 1 nitrogen and oxygen atoms in total. The van der Waals surface area contributed by atoms with Crippen molar-refractivity contribution < 1.29 is 4.79 Å². The third kappa shape index (κ3) is 4.02. The maximum Gasteiger partial charge on any atom is 0.186 e. The average Bonchev–Trinajstić information content (AvgIpc) is 2.55. The highest BCUT2D eigenvalue weighted by molar-refractivity contribution is 7.99. The third-order valence-corrected chi connectivity index (χ3v) is 4.97. The van der Waals surface area contributed by atoms with Gasteiger partial charge < -0.3 is 0 Å². The monoisotopic (exact) mass is 320 g/mol. The summed E-state index contributed by atoms with van der Waals surface area (Å²) in [7, 11) is 0. The summed E-state index contributed by atoms with van der Waals surface area (Å²) < 4.78 is 0. The maximum atomic E-state index is 12.7. The fourth-order valence-electron chi connectivity index (χ4n) is 2.55. The number of carbonyl (C=O) groups is 1. The summed E-state index contributed by atoms with van der Waals surface area (Å²) in [6, 6.07) is 16.6. The molecule has 2 aromatic carbocycles. The topological polar surface area (TPSA) is 17.1 Å². The summed E-state index contributed by atoms with van der Waals surface area (Å²) in [4.78, 5) is 12.7. The van der Waals surface area contributed by atoms with Gasteiger partial charge in [-0.25, -0.2) is 0 Å². The van der Waals surface area contributed by atoms with E-state index in [1.54, 1.807) is 11.8 Å². The molecule has 0 aromatic heterocycles. The quantitative estimate of drug-likeness (QED) is 0.717. The van der Waals surface area contributed by atoms with Gasteiger partial charge in [0, 0.05) is 22.7 Å². The Morgan fingerprint density at radius 1 is 0.739 bits per heavy atom. The van der Waals surface area contributed by atoms with Crippen molar-refractivity contribution in [2.24, 2.45) is 0 Å². The predicted molar refractivity (Wildman–Crippen MR) is 101 cm³/mol. The number of hydrogen-bond donors (Lipinski definition) is 0. The van der Waals surface area contributed by atoms with E-state index in [4.69, 9.17) is 0 Å². The number of rotatable bonds is 2. The van der Waals surface area contributed by atoms with Crippen molar-refractivity contribution >= 4 is 29.7 Å². The number of ketones is 1. The minimum atomic E-state index is 0.185. The van der Waals surface area contributed by atoms with Crippen LogP contribution in [0.1, 0.15) is 22.3 Å². The molecule has 3 rings (SSSR count). The van der Waals surface area contributed by atoms with Crippen molar-refractivity contribution in [3.8, 4) is 0 Å². The van der Waals surface area contributed by atoms with E-state index in [1.165, 1.54) is 11.1 Å². The Labute approximate surface area is 142 Å². The van der Waals surface area contributed by atoms with E-state index in [-0.39, 0.29) is 5.78 Å². The van der Waals surface area contributed by atoms with E-state index >= 15 is 0 Å². The fraction of sp³-hybridized carbons (Fsp3) is 0.190. The lowest BCUT2D eigenvalue weighted by atomic mass is 10.00. The van der Waals surface area contributed by atoms with Crippen molar-refractivity contribution in [2.45, 2.75) is 13.8 Å². The van der Waals surface area contributed by atoms with Gasteiger partial charge in [0.1, 0.15) is 0 Å². The number of hydrogen-bond acceptors (Lipinski definition) is 2. The van der Waals surface area contributed by atoms with E-state index in [9.17, 15) is 4.79 Å². The van der Waals surface area contributed by atoms with E-state index in [0.29, 0.717) is 0 Å². The van der Waals surface area contributed by atoms with E-state index in [1.807, 2.05) is 12.2 Å². The van der Waals surface area contributed by atoms with E-state index in [2.05, 4.69) is 62.4 Å². The summed E-state index contributed by atoms with van der Waals surface area (Å²) in [5.74, 6) is 1.76. The summed E-state index contributed by atoms with van der Waals surface area (Å²) >= 11 is 1.80. The van der Waals surface area contributed by atoms with Crippen LogP contribution in [-0.2, 0) is 4.79 Å². The molecule has 0 atom stereocenters. The van der Waals surface area contributed by atoms with Gasteiger partial charge in [0.25, 0.3) is 0 Å². The zero-order valence-electron chi connectivity index (χ0n) is 13.5. The first-order valence-electron chi connectivity index (χ1n) is 7.79. The predicted octanol–water partition coefficient (Wildman–Crippen LogP) is 5.09. The molecule has 0 radical (unpaired) electrons. The SMILES string of the molecule is Cc1ccc(/C=C2/CSC/C(=C/c3ccc(C)cc3)C2=O)cc1. The molecule has 2 aromatic rings. The Bertz CT molecular complexity index is 699. The molecule has 1 saturated heterocycles. The van der Waals surface area contributed by atoms with Gasteiger partial charge in [-0.05, 0) is 37.1 Å². The molecule has 116 valence electrons. The minimum Gasteiger partial charge on any atom is -0.289 e. The fourth-order valence-corrected chi connectivity index (χ4v) is 3.52. The molecule has 2 heteroatoms. The normalized spacial score (nSPS) is 18.6. The molecule has 23 heavy (non-hydrogen) atoms. The largest absolute Gasteiger partial charge is 0.289 e. The number of benzene rings is 2. The molecule has 0 bridgehead atoms. The molecule has 1 aliphatic rings. The van der Waals surface area contributed by atoms with Gasteiger partial charge in [-0.1, -0.05) is 59.7 Å². The molecule has 0 unspecified atom stereocenters. The Kier molecular flexibility index (Phi) is 4.82. The molecule has 1 fully saturated rings. The second-order valence-electron chi connectivity index (χ2n) is 5.98. The summed E-state index contributed by atoms with van der Waals surface area (Å²) in [5.41, 5.74) is 6.44. The highest BCUT2D eigenvalue weighted by Crippen LogP contribution is 2.27. The molecule has 0 N–H and O–H groups in total. The van der Waals surface area contributed by atoms with Crippen LogP contribution in [0.15, 0.2) is 59.7 Å². The third-order valence-electron chi connectivity index (χ3n) is 3.93. The molecular weight excluding hydrogens is 300 g/mol. The second kappa shape index (κ2) is 7.01. The van der Waals surface area contributed by atoms with Crippen LogP contribution in [0, 0.1) is 13.8 Å². The second-order valence-corrected chi connectivity index (χ2v) is 6.97. The maximum absolute atomic E-state index is 12.7. The molecular formula is C21H20OS. The van der Waals surface area contributed by atoms with Crippen molar-refractivity contribution in [1.29, 1.82) is 0 Å². The molecule has 0 aliphatic carbocycles. The summed E-state index contributed by atoms with van der Waals surface area (Å²) in [6.07, 6.45) is 4.05. The zero-order chi connectivity index (χ0) is 16.2. The van der Waals surface area contributed by atoms with Crippen molar-refractivity contribution in [1.82, 2.24) is 0 Å². The Balaban J connectivity index is 1.86. The van der Waals surface area contributed by atoms with Crippen LogP contribution in [-0.4, -0.2) is 17.3 Å². The number of thioether (sulfide) groups is 1. The van der Waals surface area contributed by atoms with Gasteiger partial charge in [0.15, 0.2) is 5.78 Å². The van der Waals surface area contributed by atoms with E-state index < -0.39 is 0 Å². The van der Waals surface area contributed by atoms with Crippen LogP contribution >= 0.6 is 11.8 Å². The first-order chi connectivity index (χ1) is 11.1. The summed E-state index contributed by atoms with van der Waals surface area (Å²) in [5, 5.41) is 0. The molecule has 0 saturated carbocycles. The average molecular weight is 320 g/mol. The van der Waals surface area contributed by atoms with Crippen molar-refractivity contribution in [3.63, 3.8) is 0 Å². The van der Waals surface area contributed by atoms with Gasteiger partial charge in [-0.15, -0.1) is 0 Å². The zero-order valence-corrected chi connectivity index (χ0v) is 14.3. The minimum absolute atomic E-state index is 0.185. The van der Waals surface area contributed by atoms with Gasteiger partial charge in [0.2, 0.25) is 0 Å². The Morgan fingerprint density at radius 2 is 1.13 bits per heavy atom. The first kappa shape index (κ1) is 15.8. The molecule has 1 heterocycles. The van der Waals surface area contributed by atoms with Gasteiger partial charge in [-0.3, -0.25) is 4.79 Å². The Hall–Kier alpha value is -2.06. The highest BCUT2D eigenvalue weighted by atomic mass is 32.2. The lowest BCUT2D eigenvalue weighted by Gasteiger charge is -2.16. The van der Waals surface area contributed by atoms with Crippen molar-refractivity contribution in [2.75, 3.05) is 11.5 Å². The summed E-state index contributed by atoms with van der Waals surface area (Å²) in [6.45, 7) is 4.14. The smallest absolute Gasteiger partial charge is 0.186 e. The van der Waals surface area contributed by atoms with Crippen LogP contribution in [0.2, 0.25) is 0 Å². The number of aryl methyl sites for hydroxylation is 2. The van der Waals surface area contributed by atoms with Crippen LogP contribution < -0.4 is 0 Å². The van der Waals surface area contributed by atoms with Crippen LogP contribution in [0.3, 0.4) is 0 Å². The highest BCUT2D eigenvalue weighted by Gasteiger charge is 2.20. The van der Waals surface area contributed by atoms with Crippen LogP contribution in [0.4, 0.5) is 0 Å². The lowest BCUT2D eigenvalue weighted by Crippen LogP contribution is -2.16. The van der Waals surface area contributed by atoms with Crippen molar-refractivity contribution in [3.05, 3.63) is 81.9 Å². The molecule has 1 aliphatic heterocycles. The lowest BCUT2D eigenvalue weighted by molar-refractivity contribution is -0.112. The molecule has 0 spiro atoms. The van der Waals surface area contributed by atoms with Gasteiger partial charge >= 0.3 is 0 Å². The van der Waals surface area contributed by atoms with Crippen LogP contribution in [0.5, 0.6) is 0 Å². The Morgan fingerprint density at radius 3 is 1.52 bits per heavy atom. The van der Waals surface area contributed by atoms with Crippen LogP contribution in [0.25, 0.3) is 12.2 Å². The first-order valence-corrected chi connectivity index (χ1v) is 8.94. The van der Waals surface area contributed by atoms with E-state index in [0.717, 1.165) is 33.8 Å². The standard InChI is InChI=1S/C21H20OS/c1-15-3-7-17(8-4-15)11-19-13-23-14-20(21(19)22)12-18-9-5-16(2)6-10-18/h3-12H,13-14H2,1-2H3/b19-11-,20-12-. The molecule has 0 amide bonds. The van der Waals surface area contributed by atoms with Gasteiger partial charge in [0.05, 0.1) is 0 Å². The number of carbonyl (C=O) groups excluding carboxylic acids is 1. The van der Waals surface area contributed by atoms with Gasteiger partial charge in [-0.2, -0.15) is 11.8 Å². The number of Topliss-reactive ketones (excluding diaryl/α,β-unsaturated/α-hetero) is 1.